The number of sulfonamides is 1. The Morgan fingerprint density at radius 2 is 1.70 bits per heavy atom. The fourth-order valence-corrected chi connectivity index (χ4v) is 4.06. The van der Waals surface area contributed by atoms with E-state index in [1.54, 1.807) is 22.5 Å². The van der Waals surface area contributed by atoms with Crippen molar-refractivity contribution in [2.75, 3.05) is 18.8 Å². The number of rotatable bonds is 8. The Bertz CT molecular complexity index is 524. The van der Waals surface area contributed by atoms with Crippen molar-refractivity contribution in [1.82, 2.24) is 4.31 Å². The smallest absolute Gasteiger partial charge is 0.245 e. The van der Waals surface area contributed by atoms with Gasteiger partial charge in [0.15, 0.2) is 0 Å². The van der Waals surface area contributed by atoms with Gasteiger partial charge in [0.2, 0.25) is 10.0 Å². The van der Waals surface area contributed by atoms with Gasteiger partial charge >= 0.3 is 0 Å². The molecule has 0 aliphatic heterocycles. The minimum atomic E-state index is -3.52. The Morgan fingerprint density at radius 1 is 1.15 bits per heavy atom. The Balaban J connectivity index is 3.10. The number of benzene rings is 1. The number of halogens is 1. The van der Waals surface area contributed by atoms with Gasteiger partial charge in [-0.1, -0.05) is 42.6 Å². The molecule has 0 radical (unpaired) electrons. The first-order valence-corrected chi connectivity index (χ1v) is 9.22. The molecule has 0 bridgehead atoms. The van der Waals surface area contributed by atoms with E-state index >= 15 is 0 Å². The van der Waals surface area contributed by atoms with Crippen LogP contribution in [0.3, 0.4) is 0 Å². The molecule has 114 valence electrons. The van der Waals surface area contributed by atoms with Gasteiger partial charge in [-0.25, -0.2) is 8.42 Å². The highest BCUT2D eigenvalue weighted by Gasteiger charge is 2.25. The summed E-state index contributed by atoms with van der Waals surface area (Å²) in [5.41, 5.74) is 6.14. The van der Waals surface area contributed by atoms with Gasteiger partial charge < -0.3 is 5.73 Å². The summed E-state index contributed by atoms with van der Waals surface area (Å²) in [6, 6.07) is 4.95. The highest BCUT2D eigenvalue weighted by molar-refractivity contribution is 9.10. The van der Waals surface area contributed by atoms with Crippen LogP contribution in [0, 0.1) is 0 Å². The molecule has 0 aliphatic carbocycles. The van der Waals surface area contributed by atoms with Crippen LogP contribution >= 0.6 is 15.9 Å². The van der Waals surface area contributed by atoms with Crippen molar-refractivity contribution in [1.29, 1.82) is 0 Å². The summed E-state index contributed by atoms with van der Waals surface area (Å²) in [6.45, 7) is 5.20. The number of nitrogens with two attached hydrogens (primary N) is 1. The molecule has 0 amide bonds. The van der Waals surface area contributed by atoms with Crippen molar-refractivity contribution in [3.8, 4) is 0 Å². The molecule has 4 nitrogen and oxygen atoms in total. The molecule has 0 aliphatic rings. The first-order chi connectivity index (χ1) is 9.43. The fourth-order valence-electron chi connectivity index (χ4n) is 1.89. The van der Waals surface area contributed by atoms with E-state index < -0.39 is 10.0 Å². The SMILES string of the molecule is CCCCN(CCCC)S(=O)(=O)c1cc(Br)ccc1N. The van der Waals surface area contributed by atoms with Crippen molar-refractivity contribution in [2.45, 2.75) is 44.4 Å². The van der Waals surface area contributed by atoms with E-state index in [0.717, 1.165) is 30.2 Å². The maximum absolute atomic E-state index is 12.7. The molecule has 0 aromatic heterocycles. The van der Waals surface area contributed by atoms with Crippen molar-refractivity contribution in [3.63, 3.8) is 0 Å². The van der Waals surface area contributed by atoms with E-state index in [9.17, 15) is 8.42 Å². The Labute approximate surface area is 130 Å². The normalized spacial score (nSPS) is 12.0. The second-order valence-electron chi connectivity index (χ2n) is 4.79. The summed E-state index contributed by atoms with van der Waals surface area (Å²) < 4.78 is 27.8. The average Bonchev–Trinajstić information content (AvgIpc) is 2.41. The van der Waals surface area contributed by atoms with Crippen LogP contribution in [0.1, 0.15) is 39.5 Å². The lowest BCUT2D eigenvalue weighted by molar-refractivity contribution is 0.395. The number of nitrogens with zero attached hydrogens (tertiary/aromatic N) is 1. The minimum Gasteiger partial charge on any atom is -0.398 e. The van der Waals surface area contributed by atoms with Crippen LogP contribution in [0.25, 0.3) is 0 Å². The van der Waals surface area contributed by atoms with Crippen LogP contribution in [0.2, 0.25) is 0 Å². The Hall–Kier alpha value is -0.590. The molecule has 0 saturated heterocycles. The molecule has 0 fully saturated rings. The lowest BCUT2D eigenvalue weighted by Gasteiger charge is -2.22. The van der Waals surface area contributed by atoms with Gasteiger partial charge in [0.25, 0.3) is 0 Å². The lowest BCUT2D eigenvalue weighted by Crippen LogP contribution is -2.33. The second kappa shape index (κ2) is 8.00. The van der Waals surface area contributed by atoms with Crippen LogP contribution in [0.15, 0.2) is 27.6 Å². The predicted molar refractivity (Wildman–Crippen MR) is 87.1 cm³/mol. The van der Waals surface area contributed by atoms with Crippen molar-refractivity contribution < 1.29 is 8.42 Å². The number of hydrogen-bond acceptors (Lipinski definition) is 3. The van der Waals surface area contributed by atoms with Gasteiger partial charge in [0, 0.05) is 17.6 Å². The molecule has 0 unspecified atom stereocenters. The third-order valence-electron chi connectivity index (χ3n) is 3.12. The maximum Gasteiger partial charge on any atom is 0.245 e. The standard InChI is InChI=1S/C14H23BrN2O2S/c1-3-5-9-17(10-6-4-2)20(18,19)14-11-12(15)7-8-13(14)16/h7-8,11H,3-6,9-10,16H2,1-2H3. The average molecular weight is 363 g/mol. The van der Waals surface area contributed by atoms with Crippen LogP contribution in [-0.4, -0.2) is 25.8 Å². The van der Waals surface area contributed by atoms with Crippen molar-refractivity contribution in [2.24, 2.45) is 0 Å². The zero-order valence-electron chi connectivity index (χ0n) is 12.1. The quantitative estimate of drug-likeness (QED) is 0.718. The number of hydrogen-bond donors (Lipinski definition) is 1. The van der Waals surface area contributed by atoms with Gasteiger partial charge in [-0.05, 0) is 31.0 Å². The molecule has 1 aromatic rings. The van der Waals surface area contributed by atoms with Crippen LogP contribution in [0.5, 0.6) is 0 Å². The molecule has 20 heavy (non-hydrogen) atoms. The Morgan fingerprint density at radius 3 is 2.20 bits per heavy atom. The van der Waals surface area contributed by atoms with Gasteiger partial charge in [-0.3, -0.25) is 0 Å². The number of nitrogen functional groups attached to an aromatic ring is 1. The summed E-state index contributed by atoms with van der Waals surface area (Å²) in [7, 11) is -3.52. The largest absolute Gasteiger partial charge is 0.398 e. The molecule has 0 saturated carbocycles. The van der Waals surface area contributed by atoms with Gasteiger partial charge in [0.1, 0.15) is 4.90 Å². The lowest BCUT2D eigenvalue weighted by atomic mass is 10.3. The van der Waals surface area contributed by atoms with E-state index in [0.29, 0.717) is 18.8 Å². The maximum atomic E-state index is 12.7. The first-order valence-electron chi connectivity index (χ1n) is 6.98. The molecular formula is C14H23BrN2O2S. The topological polar surface area (TPSA) is 63.4 Å². The molecular weight excluding hydrogens is 340 g/mol. The zero-order chi connectivity index (χ0) is 15.2. The van der Waals surface area contributed by atoms with Crippen molar-refractivity contribution in [3.05, 3.63) is 22.7 Å². The second-order valence-corrected chi connectivity index (χ2v) is 7.62. The highest BCUT2D eigenvalue weighted by atomic mass is 79.9. The third-order valence-corrected chi connectivity index (χ3v) is 5.56. The molecule has 1 rings (SSSR count). The van der Waals surface area contributed by atoms with Crippen LogP contribution in [0.4, 0.5) is 5.69 Å². The highest BCUT2D eigenvalue weighted by Crippen LogP contribution is 2.26. The summed E-state index contributed by atoms with van der Waals surface area (Å²) in [6.07, 6.45) is 3.64. The zero-order valence-corrected chi connectivity index (χ0v) is 14.5. The summed E-state index contributed by atoms with van der Waals surface area (Å²) in [5, 5.41) is 0. The monoisotopic (exact) mass is 362 g/mol. The Kier molecular flexibility index (Phi) is 6.99. The van der Waals surface area contributed by atoms with Gasteiger partial charge in [-0.15, -0.1) is 0 Å². The molecule has 6 heteroatoms. The van der Waals surface area contributed by atoms with E-state index in [1.807, 2.05) is 0 Å². The predicted octanol–water partition coefficient (Wildman–Crippen LogP) is 3.62. The summed E-state index contributed by atoms with van der Waals surface area (Å²) >= 11 is 3.30. The third kappa shape index (κ3) is 4.46. The fraction of sp³-hybridized carbons (Fsp3) is 0.571. The molecule has 1 aromatic carbocycles. The van der Waals surface area contributed by atoms with Crippen LogP contribution in [-0.2, 0) is 10.0 Å². The summed E-state index contributed by atoms with van der Waals surface area (Å²) in [4.78, 5) is 0.194. The molecule has 2 N–H and O–H groups in total. The summed E-state index contributed by atoms with van der Waals surface area (Å²) in [5.74, 6) is 0. The minimum absolute atomic E-state index is 0.194. The number of anilines is 1. The van der Waals surface area contributed by atoms with Crippen molar-refractivity contribution >= 4 is 31.6 Å². The van der Waals surface area contributed by atoms with E-state index in [-0.39, 0.29) is 4.90 Å². The van der Waals surface area contributed by atoms with Gasteiger partial charge in [-0.2, -0.15) is 4.31 Å². The van der Waals surface area contributed by atoms with Crippen LogP contribution < -0.4 is 5.73 Å². The molecule has 0 spiro atoms. The van der Waals surface area contributed by atoms with Gasteiger partial charge in [0.05, 0.1) is 5.69 Å². The molecule has 0 heterocycles. The molecule has 0 atom stereocenters. The van der Waals surface area contributed by atoms with E-state index in [1.165, 1.54) is 0 Å². The van der Waals surface area contributed by atoms with E-state index in [4.69, 9.17) is 5.73 Å². The number of unbranched alkanes of at least 4 members (excludes halogenated alkanes) is 2. The first kappa shape index (κ1) is 17.5. The van der Waals surface area contributed by atoms with E-state index in [2.05, 4.69) is 29.8 Å².